The van der Waals surface area contributed by atoms with Crippen molar-refractivity contribution in [1.82, 2.24) is 10.3 Å². The average Bonchev–Trinajstić information content (AvgIpc) is 3.02. The topological polar surface area (TPSA) is 79.3 Å². The Morgan fingerprint density at radius 3 is 2.70 bits per heavy atom. The second-order valence-corrected chi connectivity index (χ2v) is 6.68. The number of aromatic nitrogens is 1. The maximum Gasteiger partial charge on any atom is 0.307 e. The fourth-order valence-corrected chi connectivity index (χ4v) is 3.57. The Morgan fingerprint density at radius 1 is 1.45 bits per heavy atom. The second-order valence-electron chi connectivity index (χ2n) is 5.36. The first kappa shape index (κ1) is 15.0. The Hall–Kier alpha value is -1.43. The number of nitrogens with zero attached hydrogens (tertiary/aromatic N) is 1. The first-order valence-electron chi connectivity index (χ1n) is 6.93. The third kappa shape index (κ3) is 3.36. The first-order valence-corrected chi connectivity index (χ1v) is 7.74. The summed E-state index contributed by atoms with van der Waals surface area (Å²) >= 11 is 1.54. The zero-order valence-electron chi connectivity index (χ0n) is 11.8. The van der Waals surface area contributed by atoms with E-state index in [-0.39, 0.29) is 5.91 Å². The van der Waals surface area contributed by atoms with Crippen LogP contribution in [0.5, 0.6) is 0 Å². The molecule has 0 aliphatic heterocycles. The van der Waals surface area contributed by atoms with Gasteiger partial charge in [-0.2, -0.15) is 0 Å². The van der Waals surface area contributed by atoms with Crippen LogP contribution in [0.1, 0.15) is 36.1 Å². The number of rotatable bonds is 5. The lowest BCUT2D eigenvalue weighted by Gasteiger charge is -2.15. The Kier molecular flexibility index (Phi) is 4.75. The first-order chi connectivity index (χ1) is 9.51. The van der Waals surface area contributed by atoms with Gasteiger partial charge in [-0.3, -0.25) is 9.59 Å². The van der Waals surface area contributed by atoms with Crippen LogP contribution in [0.25, 0.3) is 0 Å². The molecular weight excluding hydrogens is 276 g/mol. The van der Waals surface area contributed by atoms with E-state index in [9.17, 15) is 14.7 Å². The van der Waals surface area contributed by atoms with Crippen LogP contribution in [0, 0.1) is 24.7 Å². The number of thiazole rings is 1. The van der Waals surface area contributed by atoms with Gasteiger partial charge in [-0.15, -0.1) is 11.3 Å². The molecule has 1 aliphatic carbocycles. The summed E-state index contributed by atoms with van der Waals surface area (Å²) in [5.41, 5.74) is 0. The van der Waals surface area contributed by atoms with Gasteiger partial charge in [-0.1, -0.05) is 13.3 Å². The summed E-state index contributed by atoms with van der Waals surface area (Å²) in [5.74, 6) is -1.58. The summed E-state index contributed by atoms with van der Waals surface area (Å²) in [6.07, 6.45) is 3.98. The highest BCUT2D eigenvalue weighted by Gasteiger charge is 2.41. The standard InChI is InChI=1S/C14H20N2O3S/c1-3-9-4-11(12(5-9)14(18)19)13(17)16-7-10-6-15-8(2)20-10/h6,9,11-12H,3-5,7H2,1-2H3,(H,16,17)(H,18,19)/t9?,11-,12+/m0/s1. The number of aliphatic carboxylic acids is 1. The second kappa shape index (κ2) is 6.35. The van der Waals surface area contributed by atoms with Gasteiger partial charge in [-0.25, -0.2) is 4.98 Å². The number of carbonyl (C=O) groups is 2. The highest BCUT2D eigenvalue weighted by atomic mass is 32.1. The average molecular weight is 296 g/mol. The molecule has 1 unspecified atom stereocenters. The Labute approximate surface area is 122 Å². The van der Waals surface area contributed by atoms with Crippen molar-refractivity contribution >= 4 is 23.2 Å². The van der Waals surface area contributed by atoms with E-state index < -0.39 is 17.8 Å². The number of aryl methyl sites for hydroxylation is 1. The molecule has 1 fully saturated rings. The summed E-state index contributed by atoms with van der Waals surface area (Å²) in [6, 6.07) is 0. The summed E-state index contributed by atoms with van der Waals surface area (Å²) in [6.45, 7) is 4.40. The number of carboxylic acid groups (broad SMARTS) is 1. The normalized spacial score (nSPS) is 25.6. The highest BCUT2D eigenvalue weighted by Crippen LogP contribution is 2.38. The third-order valence-corrected chi connectivity index (χ3v) is 4.91. The van der Waals surface area contributed by atoms with E-state index in [1.165, 1.54) is 0 Å². The SMILES string of the molecule is CCC1C[C@H](C(=O)NCc2cnc(C)s2)[C@H](C(=O)O)C1. The van der Waals surface area contributed by atoms with Gasteiger partial charge >= 0.3 is 5.97 Å². The van der Waals surface area contributed by atoms with Crippen LogP contribution in [-0.4, -0.2) is 22.0 Å². The van der Waals surface area contributed by atoms with Crippen molar-refractivity contribution in [1.29, 1.82) is 0 Å². The number of hydrogen-bond donors (Lipinski definition) is 2. The molecule has 0 radical (unpaired) electrons. The molecule has 1 aromatic heterocycles. The zero-order chi connectivity index (χ0) is 14.7. The fraction of sp³-hybridized carbons (Fsp3) is 0.643. The fourth-order valence-electron chi connectivity index (χ4n) is 2.83. The highest BCUT2D eigenvalue weighted by molar-refractivity contribution is 7.11. The van der Waals surface area contributed by atoms with Crippen LogP contribution in [0.2, 0.25) is 0 Å². The van der Waals surface area contributed by atoms with Crippen LogP contribution in [-0.2, 0) is 16.1 Å². The van der Waals surface area contributed by atoms with Gasteiger partial charge in [0.1, 0.15) is 0 Å². The van der Waals surface area contributed by atoms with Crippen molar-refractivity contribution in [3.63, 3.8) is 0 Å². The molecule has 6 heteroatoms. The minimum absolute atomic E-state index is 0.139. The lowest BCUT2D eigenvalue weighted by molar-refractivity contribution is -0.146. The Morgan fingerprint density at radius 2 is 2.15 bits per heavy atom. The van der Waals surface area contributed by atoms with Crippen LogP contribution in [0.15, 0.2) is 6.20 Å². The van der Waals surface area contributed by atoms with Gasteiger partial charge in [0.2, 0.25) is 5.91 Å². The largest absolute Gasteiger partial charge is 0.481 e. The molecule has 0 saturated heterocycles. The molecule has 0 aromatic carbocycles. The number of amides is 1. The molecule has 5 nitrogen and oxygen atoms in total. The molecule has 110 valence electrons. The Bertz CT molecular complexity index is 500. The van der Waals surface area contributed by atoms with Crippen molar-refractivity contribution in [2.24, 2.45) is 17.8 Å². The van der Waals surface area contributed by atoms with E-state index in [4.69, 9.17) is 0 Å². The molecule has 2 N–H and O–H groups in total. The van der Waals surface area contributed by atoms with Crippen molar-refractivity contribution in [2.75, 3.05) is 0 Å². The molecule has 0 spiro atoms. The van der Waals surface area contributed by atoms with Crippen molar-refractivity contribution in [3.05, 3.63) is 16.1 Å². The minimum atomic E-state index is -0.852. The number of nitrogens with one attached hydrogen (secondary N) is 1. The minimum Gasteiger partial charge on any atom is -0.481 e. The molecule has 3 atom stereocenters. The predicted molar refractivity (Wildman–Crippen MR) is 76.3 cm³/mol. The van der Waals surface area contributed by atoms with E-state index in [1.54, 1.807) is 17.5 Å². The molecule has 1 amide bonds. The van der Waals surface area contributed by atoms with Crippen molar-refractivity contribution in [2.45, 2.75) is 39.7 Å². The van der Waals surface area contributed by atoms with E-state index in [0.29, 0.717) is 25.3 Å². The van der Waals surface area contributed by atoms with Crippen molar-refractivity contribution in [3.8, 4) is 0 Å². The molecular formula is C14H20N2O3S. The van der Waals surface area contributed by atoms with Gasteiger partial charge in [0.15, 0.2) is 0 Å². The summed E-state index contributed by atoms with van der Waals surface area (Å²) < 4.78 is 0. The molecule has 1 heterocycles. The van der Waals surface area contributed by atoms with E-state index in [1.807, 2.05) is 13.8 Å². The monoisotopic (exact) mass is 296 g/mol. The van der Waals surface area contributed by atoms with Crippen LogP contribution < -0.4 is 5.32 Å². The number of hydrogen-bond acceptors (Lipinski definition) is 4. The lowest BCUT2D eigenvalue weighted by atomic mass is 9.95. The van der Waals surface area contributed by atoms with Crippen LogP contribution in [0.3, 0.4) is 0 Å². The molecule has 0 bridgehead atoms. The maximum absolute atomic E-state index is 12.2. The van der Waals surface area contributed by atoms with E-state index >= 15 is 0 Å². The van der Waals surface area contributed by atoms with Gasteiger partial charge < -0.3 is 10.4 Å². The van der Waals surface area contributed by atoms with E-state index in [2.05, 4.69) is 10.3 Å². The Balaban J connectivity index is 1.95. The molecule has 1 saturated carbocycles. The van der Waals surface area contributed by atoms with Gasteiger partial charge in [0.25, 0.3) is 0 Å². The molecule has 1 aliphatic rings. The summed E-state index contributed by atoms with van der Waals surface area (Å²) in [4.78, 5) is 28.6. The summed E-state index contributed by atoms with van der Waals surface area (Å²) in [7, 11) is 0. The quantitative estimate of drug-likeness (QED) is 0.873. The van der Waals surface area contributed by atoms with Gasteiger partial charge in [0.05, 0.1) is 23.4 Å². The third-order valence-electron chi connectivity index (χ3n) is 4.00. The van der Waals surface area contributed by atoms with Gasteiger partial charge in [-0.05, 0) is 25.7 Å². The lowest BCUT2D eigenvalue weighted by Crippen LogP contribution is -2.34. The van der Waals surface area contributed by atoms with Crippen molar-refractivity contribution < 1.29 is 14.7 Å². The predicted octanol–water partition coefficient (Wildman–Crippen LogP) is 2.20. The molecule has 20 heavy (non-hydrogen) atoms. The van der Waals surface area contributed by atoms with Crippen LogP contribution in [0.4, 0.5) is 0 Å². The zero-order valence-corrected chi connectivity index (χ0v) is 12.6. The molecule has 2 rings (SSSR count). The van der Waals surface area contributed by atoms with Crippen LogP contribution >= 0.6 is 11.3 Å². The van der Waals surface area contributed by atoms with E-state index in [0.717, 1.165) is 16.3 Å². The molecule has 1 aromatic rings. The number of carboxylic acids is 1. The smallest absolute Gasteiger partial charge is 0.307 e. The summed E-state index contributed by atoms with van der Waals surface area (Å²) in [5, 5.41) is 13.1. The number of carbonyl (C=O) groups excluding carboxylic acids is 1. The van der Waals surface area contributed by atoms with Gasteiger partial charge in [0, 0.05) is 11.1 Å². The maximum atomic E-state index is 12.2.